The minimum atomic E-state index is -0.457. The summed E-state index contributed by atoms with van der Waals surface area (Å²) >= 11 is 0. The highest BCUT2D eigenvalue weighted by atomic mass is 16.7. The molecule has 0 fully saturated rings. The summed E-state index contributed by atoms with van der Waals surface area (Å²) < 4.78 is 10.1. The van der Waals surface area contributed by atoms with Crippen molar-refractivity contribution < 1.29 is 14.3 Å². The molecule has 0 saturated carbocycles. The number of nitrogens with one attached hydrogen (secondary N) is 1. The van der Waals surface area contributed by atoms with Crippen LogP contribution in [0.15, 0.2) is 18.3 Å². The van der Waals surface area contributed by atoms with Gasteiger partial charge < -0.3 is 14.8 Å². The van der Waals surface area contributed by atoms with Crippen LogP contribution < -0.4 is 5.32 Å². The van der Waals surface area contributed by atoms with E-state index in [0.29, 0.717) is 5.56 Å². The Balaban J connectivity index is 2.66. The van der Waals surface area contributed by atoms with E-state index in [1.165, 1.54) is 14.2 Å². The summed E-state index contributed by atoms with van der Waals surface area (Å²) in [4.78, 5) is 15.9. The maximum Gasteiger partial charge on any atom is 0.251 e. The van der Waals surface area contributed by atoms with Crippen LogP contribution in [0, 0.1) is 6.92 Å². The lowest BCUT2D eigenvalue weighted by Crippen LogP contribution is -2.42. The molecule has 5 heteroatoms. The van der Waals surface area contributed by atoms with Crippen LogP contribution in [0.25, 0.3) is 0 Å². The first kappa shape index (κ1) is 13.6. The molecule has 0 aliphatic heterocycles. The van der Waals surface area contributed by atoms with Crippen molar-refractivity contribution in [3.05, 3.63) is 29.6 Å². The number of pyridine rings is 1. The second-order valence-electron chi connectivity index (χ2n) is 3.79. The van der Waals surface area contributed by atoms with Gasteiger partial charge >= 0.3 is 0 Å². The Hall–Kier alpha value is -1.46. The Bertz CT molecular complexity index is 378. The van der Waals surface area contributed by atoms with Crippen LogP contribution in [-0.2, 0) is 9.47 Å². The number of methoxy groups -OCH3 is 2. The maximum atomic E-state index is 11.9. The highest BCUT2D eigenvalue weighted by molar-refractivity contribution is 5.94. The number of aromatic nitrogens is 1. The second-order valence-corrected chi connectivity index (χ2v) is 3.79. The standard InChI is InChI=1S/C12H18N2O3/c1-8-7-10(5-6-13-8)11(15)14-9(2)12(16-3)17-4/h5-7,9,12H,1-4H3,(H,14,15). The summed E-state index contributed by atoms with van der Waals surface area (Å²) in [6, 6.07) is 3.17. The normalized spacial score (nSPS) is 12.5. The van der Waals surface area contributed by atoms with E-state index < -0.39 is 6.29 Å². The minimum absolute atomic E-state index is 0.165. The van der Waals surface area contributed by atoms with Crippen LogP contribution >= 0.6 is 0 Å². The molecule has 0 aromatic carbocycles. The first-order valence-corrected chi connectivity index (χ1v) is 5.37. The Labute approximate surface area is 101 Å². The van der Waals surface area contributed by atoms with E-state index in [-0.39, 0.29) is 11.9 Å². The second kappa shape index (κ2) is 6.32. The average Bonchev–Trinajstić information content (AvgIpc) is 2.30. The van der Waals surface area contributed by atoms with Gasteiger partial charge in [-0.05, 0) is 26.0 Å². The largest absolute Gasteiger partial charge is 0.354 e. The number of carbonyl (C=O) groups is 1. The Morgan fingerprint density at radius 2 is 2.06 bits per heavy atom. The van der Waals surface area contributed by atoms with Crippen molar-refractivity contribution in [2.75, 3.05) is 14.2 Å². The molecule has 17 heavy (non-hydrogen) atoms. The molecular weight excluding hydrogens is 220 g/mol. The molecular formula is C12H18N2O3. The van der Waals surface area contributed by atoms with Crippen LogP contribution in [-0.4, -0.2) is 37.4 Å². The fourth-order valence-corrected chi connectivity index (χ4v) is 1.55. The SMILES string of the molecule is COC(OC)C(C)NC(=O)c1ccnc(C)c1. The number of hydrogen-bond donors (Lipinski definition) is 1. The molecule has 1 N–H and O–H groups in total. The Kier molecular flexibility index (Phi) is 5.06. The van der Waals surface area contributed by atoms with E-state index in [4.69, 9.17) is 9.47 Å². The maximum absolute atomic E-state index is 11.9. The van der Waals surface area contributed by atoms with Crippen LogP contribution in [0.3, 0.4) is 0 Å². The highest BCUT2D eigenvalue weighted by Crippen LogP contribution is 2.04. The lowest BCUT2D eigenvalue weighted by Gasteiger charge is -2.22. The van der Waals surface area contributed by atoms with Crippen molar-refractivity contribution in [2.45, 2.75) is 26.2 Å². The molecule has 1 unspecified atom stereocenters. The number of carbonyl (C=O) groups excluding carboxylic acids is 1. The van der Waals surface area contributed by atoms with E-state index in [9.17, 15) is 4.79 Å². The van der Waals surface area contributed by atoms with E-state index in [1.807, 2.05) is 13.8 Å². The van der Waals surface area contributed by atoms with Crippen molar-refractivity contribution >= 4 is 5.91 Å². The molecule has 0 radical (unpaired) electrons. The summed E-state index contributed by atoms with van der Waals surface area (Å²) in [5, 5.41) is 2.81. The molecule has 0 aliphatic rings. The third-order valence-corrected chi connectivity index (χ3v) is 2.39. The highest BCUT2D eigenvalue weighted by Gasteiger charge is 2.18. The molecule has 1 heterocycles. The van der Waals surface area contributed by atoms with Gasteiger partial charge in [-0.25, -0.2) is 0 Å². The summed E-state index contributed by atoms with van der Waals surface area (Å²) in [6.45, 7) is 3.66. The van der Waals surface area contributed by atoms with Gasteiger partial charge in [0.2, 0.25) is 0 Å². The van der Waals surface area contributed by atoms with Gasteiger partial charge in [0.15, 0.2) is 6.29 Å². The van der Waals surface area contributed by atoms with Crippen LogP contribution in [0.2, 0.25) is 0 Å². The van der Waals surface area contributed by atoms with Crippen molar-refractivity contribution in [1.29, 1.82) is 0 Å². The van der Waals surface area contributed by atoms with Gasteiger partial charge in [-0.3, -0.25) is 9.78 Å². The third-order valence-electron chi connectivity index (χ3n) is 2.39. The van der Waals surface area contributed by atoms with Crippen LogP contribution in [0.5, 0.6) is 0 Å². The molecule has 94 valence electrons. The zero-order chi connectivity index (χ0) is 12.8. The predicted molar refractivity (Wildman–Crippen MR) is 63.7 cm³/mol. The summed E-state index contributed by atoms with van der Waals surface area (Å²) in [7, 11) is 3.07. The molecule has 1 rings (SSSR count). The van der Waals surface area contributed by atoms with Gasteiger partial charge in [0.05, 0.1) is 6.04 Å². The smallest absolute Gasteiger partial charge is 0.251 e. The molecule has 1 aromatic rings. The zero-order valence-corrected chi connectivity index (χ0v) is 10.6. The number of amides is 1. The lowest BCUT2D eigenvalue weighted by molar-refractivity contribution is -0.117. The van der Waals surface area contributed by atoms with Crippen molar-refractivity contribution in [3.63, 3.8) is 0 Å². The van der Waals surface area contributed by atoms with Gasteiger partial charge in [0.25, 0.3) is 5.91 Å². The first-order chi connectivity index (χ1) is 8.08. The molecule has 1 atom stereocenters. The number of nitrogens with zero attached hydrogens (tertiary/aromatic N) is 1. The van der Waals surface area contributed by atoms with Crippen LogP contribution in [0.4, 0.5) is 0 Å². The van der Waals surface area contributed by atoms with Crippen LogP contribution in [0.1, 0.15) is 23.0 Å². The third kappa shape index (κ3) is 3.80. The van der Waals surface area contributed by atoms with Crippen molar-refractivity contribution in [1.82, 2.24) is 10.3 Å². The van der Waals surface area contributed by atoms with Crippen molar-refractivity contribution in [3.8, 4) is 0 Å². The Morgan fingerprint density at radius 1 is 1.41 bits per heavy atom. The molecule has 1 aromatic heterocycles. The van der Waals surface area contributed by atoms with E-state index >= 15 is 0 Å². The monoisotopic (exact) mass is 238 g/mol. The predicted octanol–water partition coefficient (Wildman–Crippen LogP) is 1.13. The summed E-state index contributed by atoms with van der Waals surface area (Å²) in [5.41, 5.74) is 1.38. The van der Waals surface area contributed by atoms with Gasteiger partial charge in [-0.2, -0.15) is 0 Å². The molecule has 1 amide bonds. The summed E-state index contributed by atoms with van der Waals surface area (Å²) in [5.74, 6) is -0.165. The van der Waals surface area contributed by atoms with E-state index in [1.54, 1.807) is 18.3 Å². The van der Waals surface area contributed by atoms with Gasteiger partial charge in [-0.1, -0.05) is 0 Å². The average molecular weight is 238 g/mol. The van der Waals surface area contributed by atoms with Gasteiger partial charge in [0, 0.05) is 31.7 Å². The molecule has 0 aliphatic carbocycles. The van der Waals surface area contributed by atoms with E-state index in [0.717, 1.165) is 5.69 Å². The summed E-state index contributed by atoms with van der Waals surface area (Å²) in [6.07, 6.45) is 1.15. The quantitative estimate of drug-likeness (QED) is 0.781. The van der Waals surface area contributed by atoms with E-state index in [2.05, 4.69) is 10.3 Å². The number of ether oxygens (including phenoxy) is 2. The van der Waals surface area contributed by atoms with Gasteiger partial charge in [-0.15, -0.1) is 0 Å². The van der Waals surface area contributed by atoms with Gasteiger partial charge in [0.1, 0.15) is 0 Å². The minimum Gasteiger partial charge on any atom is -0.354 e. The zero-order valence-electron chi connectivity index (χ0n) is 10.6. The Morgan fingerprint density at radius 3 is 2.59 bits per heavy atom. The number of rotatable bonds is 5. The molecule has 0 saturated heterocycles. The molecule has 0 spiro atoms. The fraction of sp³-hybridized carbons (Fsp3) is 0.500. The lowest BCUT2D eigenvalue weighted by atomic mass is 10.2. The fourth-order valence-electron chi connectivity index (χ4n) is 1.55. The first-order valence-electron chi connectivity index (χ1n) is 5.37. The topological polar surface area (TPSA) is 60.5 Å². The van der Waals surface area contributed by atoms with Crippen molar-refractivity contribution in [2.24, 2.45) is 0 Å². The number of aryl methyl sites for hydroxylation is 1. The number of hydrogen-bond acceptors (Lipinski definition) is 4. The molecule has 0 bridgehead atoms. The molecule has 5 nitrogen and oxygen atoms in total.